The number of benzene rings is 1. The summed E-state index contributed by atoms with van der Waals surface area (Å²) in [5.41, 5.74) is 1.49. The van der Waals surface area contributed by atoms with Gasteiger partial charge in [0.2, 0.25) is 0 Å². The molecule has 78 valence electrons. The maximum absolute atomic E-state index is 2.44. The van der Waals surface area contributed by atoms with Gasteiger partial charge in [-0.2, -0.15) is 0 Å². The summed E-state index contributed by atoms with van der Waals surface area (Å²) in [6, 6.07) is 12.3. The van der Waals surface area contributed by atoms with Crippen molar-refractivity contribution in [3.8, 4) is 0 Å². The fraction of sp³-hybridized carbons (Fsp3) is 0.538. The van der Waals surface area contributed by atoms with E-state index in [9.17, 15) is 0 Å². The van der Waals surface area contributed by atoms with E-state index in [-0.39, 0.29) is 8.80 Å². The zero-order chi connectivity index (χ0) is 10.4. The van der Waals surface area contributed by atoms with Gasteiger partial charge in [0.1, 0.15) is 0 Å². The first-order valence-corrected chi connectivity index (χ1v) is 8.85. The van der Waals surface area contributed by atoms with Crippen LogP contribution in [0.3, 0.4) is 0 Å². The molecule has 0 heterocycles. The smallest absolute Gasteiger partial charge is 0.0308 e. The lowest BCUT2D eigenvalue weighted by atomic mass is 10.0. The van der Waals surface area contributed by atoms with E-state index in [1.807, 2.05) is 0 Å². The molecule has 0 spiro atoms. The van der Waals surface area contributed by atoms with Gasteiger partial charge in [-0.15, -0.1) is 0 Å². The van der Waals surface area contributed by atoms with Crippen LogP contribution >= 0.6 is 0 Å². The third kappa shape index (κ3) is 4.61. The summed E-state index contributed by atoms with van der Waals surface area (Å²) in [6.45, 7) is 7.29. The molecule has 0 N–H and O–H groups in total. The maximum atomic E-state index is 2.44. The first kappa shape index (κ1) is 11.5. The quantitative estimate of drug-likeness (QED) is 0.644. The van der Waals surface area contributed by atoms with E-state index >= 15 is 0 Å². The minimum absolute atomic E-state index is 0.354. The predicted octanol–water partition coefficient (Wildman–Crippen LogP) is 3.74. The maximum Gasteiger partial charge on any atom is 0.0308 e. The third-order valence-corrected chi connectivity index (χ3v) is 4.39. The van der Waals surface area contributed by atoms with E-state index in [0.717, 1.165) is 5.92 Å². The van der Waals surface area contributed by atoms with Crippen molar-refractivity contribution in [2.45, 2.75) is 38.9 Å². The van der Waals surface area contributed by atoms with Crippen LogP contribution in [-0.4, -0.2) is 8.80 Å². The molecule has 0 radical (unpaired) electrons. The average molecular weight is 206 g/mol. The van der Waals surface area contributed by atoms with Crippen molar-refractivity contribution >= 4 is 8.80 Å². The molecule has 0 amide bonds. The molecule has 0 saturated heterocycles. The molecule has 1 aromatic carbocycles. The number of aryl methyl sites for hydroxylation is 1. The summed E-state index contributed by atoms with van der Waals surface area (Å²) in [7, 11) is -0.354. The van der Waals surface area contributed by atoms with E-state index < -0.39 is 0 Å². The molecular weight excluding hydrogens is 184 g/mol. The van der Waals surface area contributed by atoms with Gasteiger partial charge in [-0.3, -0.25) is 0 Å². The fourth-order valence-corrected chi connectivity index (χ4v) is 3.83. The van der Waals surface area contributed by atoms with Crippen molar-refractivity contribution in [3.05, 3.63) is 35.9 Å². The molecule has 0 fully saturated rings. The summed E-state index contributed by atoms with van der Waals surface area (Å²) < 4.78 is 0. The Hall–Kier alpha value is -0.563. The minimum Gasteiger partial charge on any atom is -0.0722 e. The molecule has 0 nitrogen and oxygen atoms in total. The Morgan fingerprint density at radius 1 is 1.14 bits per heavy atom. The van der Waals surface area contributed by atoms with Gasteiger partial charge in [-0.1, -0.05) is 56.4 Å². The average Bonchev–Trinajstić information content (AvgIpc) is 2.15. The van der Waals surface area contributed by atoms with Crippen molar-refractivity contribution < 1.29 is 0 Å². The van der Waals surface area contributed by atoms with Crippen molar-refractivity contribution in [3.63, 3.8) is 0 Å². The monoisotopic (exact) mass is 206 g/mol. The zero-order valence-electron chi connectivity index (χ0n) is 9.66. The molecule has 1 heteroatoms. The minimum atomic E-state index is -0.354. The van der Waals surface area contributed by atoms with Gasteiger partial charge in [0, 0.05) is 8.80 Å². The van der Waals surface area contributed by atoms with Crippen LogP contribution in [0.5, 0.6) is 0 Å². The van der Waals surface area contributed by atoms with Gasteiger partial charge in [0.05, 0.1) is 0 Å². The molecule has 1 aromatic rings. The Morgan fingerprint density at radius 3 is 2.36 bits per heavy atom. The standard InChI is InChI=1S/C13H22Si/c1-12(11-14(2)3)9-10-13-7-5-4-6-8-13/h4-8,12,14H,9-11H2,1-3H3. The van der Waals surface area contributed by atoms with Crippen molar-refractivity contribution in [2.75, 3.05) is 0 Å². The van der Waals surface area contributed by atoms with Crippen LogP contribution < -0.4 is 0 Å². The van der Waals surface area contributed by atoms with Gasteiger partial charge < -0.3 is 0 Å². The molecule has 0 aliphatic heterocycles. The Morgan fingerprint density at radius 2 is 1.79 bits per heavy atom. The van der Waals surface area contributed by atoms with Gasteiger partial charge >= 0.3 is 0 Å². The second-order valence-corrected chi connectivity index (χ2v) is 8.02. The zero-order valence-corrected chi connectivity index (χ0v) is 10.8. The summed E-state index contributed by atoms with van der Waals surface area (Å²) in [5.74, 6) is 0.918. The van der Waals surface area contributed by atoms with E-state index in [1.54, 1.807) is 0 Å². The lowest BCUT2D eigenvalue weighted by Gasteiger charge is -2.12. The lowest BCUT2D eigenvalue weighted by molar-refractivity contribution is 0.581. The van der Waals surface area contributed by atoms with Crippen molar-refractivity contribution in [2.24, 2.45) is 5.92 Å². The van der Waals surface area contributed by atoms with E-state index in [1.165, 1.54) is 24.4 Å². The molecule has 1 unspecified atom stereocenters. The highest BCUT2D eigenvalue weighted by atomic mass is 28.3. The van der Waals surface area contributed by atoms with Gasteiger partial charge in [0.25, 0.3) is 0 Å². The van der Waals surface area contributed by atoms with Crippen LogP contribution in [0.2, 0.25) is 19.1 Å². The summed E-state index contributed by atoms with van der Waals surface area (Å²) >= 11 is 0. The summed E-state index contributed by atoms with van der Waals surface area (Å²) in [5, 5.41) is 0. The Labute approximate surface area is 90.0 Å². The lowest BCUT2D eigenvalue weighted by Crippen LogP contribution is -2.07. The number of hydrogen-bond donors (Lipinski definition) is 0. The van der Waals surface area contributed by atoms with Crippen LogP contribution in [-0.2, 0) is 6.42 Å². The van der Waals surface area contributed by atoms with Crippen LogP contribution in [0, 0.1) is 5.92 Å². The highest BCUT2D eigenvalue weighted by Crippen LogP contribution is 2.14. The van der Waals surface area contributed by atoms with Gasteiger partial charge in [-0.05, 0) is 24.3 Å². The Kier molecular flexibility index (Phi) is 4.95. The van der Waals surface area contributed by atoms with E-state index in [4.69, 9.17) is 0 Å². The normalized spacial score (nSPS) is 13.1. The van der Waals surface area contributed by atoms with Crippen LogP contribution in [0.15, 0.2) is 30.3 Å². The molecule has 0 aromatic heterocycles. The molecule has 1 atom stereocenters. The number of hydrogen-bond acceptors (Lipinski definition) is 0. The van der Waals surface area contributed by atoms with E-state index in [0.29, 0.717) is 0 Å². The Bertz CT molecular complexity index is 241. The summed E-state index contributed by atoms with van der Waals surface area (Å²) in [4.78, 5) is 0. The molecule has 0 aliphatic rings. The molecule has 1 rings (SSSR count). The van der Waals surface area contributed by atoms with Gasteiger partial charge in [-0.25, -0.2) is 0 Å². The van der Waals surface area contributed by atoms with Crippen LogP contribution in [0.4, 0.5) is 0 Å². The highest BCUT2D eigenvalue weighted by molar-refractivity contribution is 6.55. The molecule has 0 aliphatic carbocycles. The van der Waals surface area contributed by atoms with Crippen LogP contribution in [0.1, 0.15) is 18.9 Å². The molecular formula is C13H22Si. The predicted molar refractivity (Wildman–Crippen MR) is 67.6 cm³/mol. The van der Waals surface area contributed by atoms with Gasteiger partial charge in [0.15, 0.2) is 0 Å². The second kappa shape index (κ2) is 6.02. The molecule has 0 saturated carbocycles. The number of rotatable bonds is 5. The third-order valence-electron chi connectivity index (χ3n) is 2.64. The van der Waals surface area contributed by atoms with Crippen molar-refractivity contribution in [1.82, 2.24) is 0 Å². The summed E-state index contributed by atoms with van der Waals surface area (Å²) in [6.07, 6.45) is 2.61. The Balaban J connectivity index is 2.27. The van der Waals surface area contributed by atoms with E-state index in [2.05, 4.69) is 50.3 Å². The first-order chi connectivity index (χ1) is 6.68. The molecule has 0 bridgehead atoms. The second-order valence-electron chi connectivity index (χ2n) is 4.76. The highest BCUT2D eigenvalue weighted by Gasteiger charge is 2.05. The first-order valence-electron chi connectivity index (χ1n) is 5.72. The molecule has 14 heavy (non-hydrogen) atoms. The van der Waals surface area contributed by atoms with Crippen molar-refractivity contribution in [1.29, 1.82) is 0 Å². The fourth-order valence-electron chi connectivity index (χ4n) is 1.98. The topological polar surface area (TPSA) is 0 Å². The largest absolute Gasteiger partial charge is 0.0722 e. The SMILES string of the molecule is CC(CCc1ccccc1)C[SiH](C)C. The van der Waals surface area contributed by atoms with Crippen LogP contribution in [0.25, 0.3) is 0 Å².